The Kier molecular flexibility index (Phi) is 5.59. The van der Waals surface area contributed by atoms with E-state index in [0.717, 1.165) is 0 Å². The van der Waals surface area contributed by atoms with Gasteiger partial charge in [-0.05, 0) is 37.7 Å². The summed E-state index contributed by atoms with van der Waals surface area (Å²) in [6.45, 7) is 1.52. The first-order chi connectivity index (χ1) is 12.4. The van der Waals surface area contributed by atoms with E-state index in [2.05, 4.69) is 15.8 Å². The van der Waals surface area contributed by atoms with E-state index in [1.807, 2.05) is 0 Å². The third-order valence-electron chi connectivity index (χ3n) is 3.76. The fraction of sp³-hybridized carbons (Fsp3) is 0.250. The molecule has 2 heterocycles. The fourth-order valence-corrected chi connectivity index (χ4v) is 3.94. The molecule has 2 aromatic rings. The van der Waals surface area contributed by atoms with Crippen molar-refractivity contribution < 1.29 is 18.5 Å². The van der Waals surface area contributed by atoms with Crippen molar-refractivity contribution in [2.24, 2.45) is 0 Å². The minimum absolute atomic E-state index is 0.00188. The highest BCUT2D eigenvalue weighted by Gasteiger charge is 2.28. The molecule has 1 fully saturated rings. The number of hydrogen-bond acceptors (Lipinski definition) is 6. The van der Waals surface area contributed by atoms with Crippen molar-refractivity contribution in [2.45, 2.75) is 19.4 Å². The number of nitrogens with zero attached hydrogens (tertiary/aromatic N) is 1. The number of aromatic nitrogens is 1. The minimum Gasteiger partial charge on any atom is -0.360 e. The van der Waals surface area contributed by atoms with Crippen LogP contribution in [0.3, 0.4) is 0 Å². The van der Waals surface area contributed by atoms with Crippen LogP contribution < -0.4 is 10.6 Å². The summed E-state index contributed by atoms with van der Waals surface area (Å²) in [6.07, 6.45) is 0.627. The standard InChI is InChI=1S/C16H13ClFN3O3S2/c1-7-11(13(21-24-7)12-8(17)3-2-4-9(12)18)14(22)20-16(25)19-10-5-6-26-15(10)23/h2-4,10H,5-6H2,1H3,(H2,19,20,22,25)/t10-/m0/s1. The Balaban J connectivity index is 1.83. The van der Waals surface area contributed by atoms with Crippen LogP contribution in [0.15, 0.2) is 22.7 Å². The van der Waals surface area contributed by atoms with Gasteiger partial charge < -0.3 is 9.84 Å². The summed E-state index contributed by atoms with van der Waals surface area (Å²) in [5.41, 5.74) is -0.0240. The second-order valence-electron chi connectivity index (χ2n) is 5.50. The molecule has 26 heavy (non-hydrogen) atoms. The molecule has 0 aliphatic carbocycles. The minimum atomic E-state index is -0.631. The highest BCUT2D eigenvalue weighted by Crippen LogP contribution is 2.33. The average molecular weight is 414 g/mol. The first-order valence-corrected chi connectivity index (χ1v) is 9.34. The van der Waals surface area contributed by atoms with Crippen LogP contribution in [0, 0.1) is 12.7 Å². The zero-order chi connectivity index (χ0) is 18.8. The Morgan fingerprint density at radius 2 is 2.27 bits per heavy atom. The molecule has 0 radical (unpaired) electrons. The van der Waals surface area contributed by atoms with E-state index in [9.17, 15) is 14.0 Å². The van der Waals surface area contributed by atoms with Crippen LogP contribution in [0.25, 0.3) is 11.3 Å². The number of hydrogen-bond donors (Lipinski definition) is 2. The largest absolute Gasteiger partial charge is 0.360 e. The average Bonchev–Trinajstić information content (AvgIpc) is 3.13. The van der Waals surface area contributed by atoms with E-state index < -0.39 is 17.8 Å². The van der Waals surface area contributed by atoms with Gasteiger partial charge in [0, 0.05) is 5.75 Å². The van der Waals surface area contributed by atoms with Crippen LogP contribution in [0.5, 0.6) is 0 Å². The van der Waals surface area contributed by atoms with E-state index in [-0.39, 0.29) is 37.8 Å². The van der Waals surface area contributed by atoms with E-state index in [0.29, 0.717) is 12.2 Å². The Morgan fingerprint density at radius 1 is 1.50 bits per heavy atom. The van der Waals surface area contributed by atoms with Crippen molar-refractivity contribution in [2.75, 3.05) is 5.75 Å². The predicted molar refractivity (Wildman–Crippen MR) is 101 cm³/mol. The smallest absolute Gasteiger partial charge is 0.263 e. The number of benzene rings is 1. The molecule has 1 aromatic carbocycles. The lowest BCUT2D eigenvalue weighted by molar-refractivity contribution is -0.112. The summed E-state index contributed by atoms with van der Waals surface area (Å²) in [5, 5.41) is 9.12. The van der Waals surface area contributed by atoms with Crippen molar-refractivity contribution in [3.8, 4) is 11.3 Å². The Hall–Kier alpha value is -1.97. The molecule has 0 saturated carbocycles. The van der Waals surface area contributed by atoms with Crippen LogP contribution >= 0.6 is 35.6 Å². The Morgan fingerprint density at radius 3 is 2.92 bits per heavy atom. The highest BCUT2D eigenvalue weighted by molar-refractivity contribution is 8.14. The van der Waals surface area contributed by atoms with Gasteiger partial charge in [0.2, 0.25) is 5.12 Å². The van der Waals surface area contributed by atoms with E-state index in [1.165, 1.54) is 36.9 Å². The Bertz CT molecular complexity index is 883. The molecular formula is C16H13ClFN3O3S2. The number of carbonyl (C=O) groups is 2. The molecule has 10 heteroatoms. The molecule has 2 N–H and O–H groups in total. The monoisotopic (exact) mass is 413 g/mol. The van der Waals surface area contributed by atoms with Gasteiger partial charge in [0.05, 0.1) is 16.6 Å². The molecule has 0 bridgehead atoms. The van der Waals surface area contributed by atoms with Crippen LogP contribution in [0.1, 0.15) is 22.5 Å². The van der Waals surface area contributed by atoms with Gasteiger partial charge in [-0.3, -0.25) is 14.9 Å². The quantitative estimate of drug-likeness (QED) is 0.748. The highest BCUT2D eigenvalue weighted by atomic mass is 35.5. The second kappa shape index (κ2) is 7.73. The number of thioether (sulfide) groups is 1. The van der Waals surface area contributed by atoms with Gasteiger partial charge in [0.25, 0.3) is 5.91 Å². The SMILES string of the molecule is Cc1onc(-c2c(F)cccc2Cl)c1C(=O)NC(=S)N[C@H]1CCSC1=O. The number of nitrogens with one attached hydrogen (secondary N) is 2. The van der Waals surface area contributed by atoms with Gasteiger partial charge in [-0.15, -0.1) is 0 Å². The summed E-state index contributed by atoms with van der Waals surface area (Å²) in [7, 11) is 0. The third kappa shape index (κ3) is 3.74. The van der Waals surface area contributed by atoms with Crippen molar-refractivity contribution in [1.82, 2.24) is 15.8 Å². The molecule has 1 aliphatic heterocycles. The normalized spacial score (nSPS) is 16.6. The molecule has 136 valence electrons. The molecule has 0 spiro atoms. The summed E-state index contributed by atoms with van der Waals surface area (Å²) in [4.78, 5) is 24.3. The predicted octanol–water partition coefficient (Wildman–Crippen LogP) is 3.08. The first kappa shape index (κ1) is 18.8. The summed E-state index contributed by atoms with van der Waals surface area (Å²) in [5.74, 6) is -0.372. The lowest BCUT2D eigenvalue weighted by Crippen LogP contribution is -2.45. The summed E-state index contributed by atoms with van der Waals surface area (Å²) in [6, 6.07) is 3.71. The molecule has 3 rings (SSSR count). The van der Waals surface area contributed by atoms with Crippen molar-refractivity contribution in [1.29, 1.82) is 0 Å². The van der Waals surface area contributed by atoms with Gasteiger partial charge in [-0.1, -0.05) is 34.6 Å². The molecule has 1 amide bonds. The van der Waals surface area contributed by atoms with Crippen molar-refractivity contribution >= 4 is 51.7 Å². The maximum atomic E-state index is 14.2. The lowest BCUT2D eigenvalue weighted by atomic mass is 10.0. The number of amides is 1. The number of thiocarbonyl (C=S) groups is 1. The summed E-state index contributed by atoms with van der Waals surface area (Å²) >= 11 is 12.4. The van der Waals surface area contributed by atoms with Gasteiger partial charge >= 0.3 is 0 Å². The van der Waals surface area contributed by atoms with Crippen LogP contribution in [-0.2, 0) is 4.79 Å². The first-order valence-electron chi connectivity index (χ1n) is 7.57. The van der Waals surface area contributed by atoms with E-state index >= 15 is 0 Å². The van der Waals surface area contributed by atoms with Crippen LogP contribution in [-0.4, -0.2) is 33.1 Å². The molecule has 1 aromatic heterocycles. The maximum absolute atomic E-state index is 14.2. The van der Waals surface area contributed by atoms with Crippen molar-refractivity contribution in [3.05, 3.63) is 40.4 Å². The second-order valence-corrected chi connectivity index (χ2v) is 7.41. The number of aryl methyl sites for hydroxylation is 1. The summed E-state index contributed by atoms with van der Waals surface area (Å²) < 4.78 is 19.2. The van der Waals surface area contributed by atoms with Gasteiger partial charge in [-0.2, -0.15) is 0 Å². The molecule has 1 aliphatic rings. The van der Waals surface area contributed by atoms with E-state index in [4.69, 9.17) is 28.3 Å². The molecule has 0 unspecified atom stereocenters. The molecule has 6 nitrogen and oxygen atoms in total. The van der Waals surface area contributed by atoms with Gasteiger partial charge in [0.1, 0.15) is 22.8 Å². The maximum Gasteiger partial charge on any atom is 0.263 e. The zero-order valence-corrected chi connectivity index (χ0v) is 15.9. The number of carbonyl (C=O) groups excluding carboxylic acids is 2. The van der Waals surface area contributed by atoms with Crippen molar-refractivity contribution in [3.63, 3.8) is 0 Å². The van der Waals surface area contributed by atoms with Gasteiger partial charge in [-0.25, -0.2) is 4.39 Å². The third-order valence-corrected chi connectivity index (χ3v) is 5.30. The van der Waals surface area contributed by atoms with Crippen LogP contribution in [0.4, 0.5) is 4.39 Å². The van der Waals surface area contributed by atoms with Gasteiger partial charge in [0.15, 0.2) is 5.11 Å². The molecule has 1 saturated heterocycles. The fourth-order valence-electron chi connectivity index (χ4n) is 2.52. The number of halogens is 2. The Labute approximate surface area is 162 Å². The zero-order valence-electron chi connectivity index (χ0n) is 13.5. The number of rotatable bonds is 3. The topological polar surface area (TPSA) is 84.2 Å². The van der Waals surface area contributed by atoms with E-state index in [1.54, 1.807) is 0 Å². The molecular weight excluding hydrogens is 401 g/mol. The molecule has 1 atom stereocenters. The van der Waals surface area contributed by atoms with Crippen LogP contribution in [0.2, 0.25) is 5.02 Å². The lowest BCUT2D eigenvalue weighted by Gasteiger charge is -2.13.